The lowest BCUT2D eigenvalue weighted by Gasteiger charge is -2.15. The lowest BCUT2D eigenvalue weighted by Crippen LogP contribution is -2.14. The standard InChI is InChI=1S/C18H21BrClNO2/c1-3-7-21-11-14-9-16(19)18(17(10-14)22-2)23-12-13-5-4-6-15(20)8-13/h4-6,8-10,21H,3,7,11-12H2,1-2H3. The first kappa shape index (κ1) is 18.1. The van der Waals surface area contributed by atoms with Crippen LogP contribution in [0.15, 0.2) is 40.9 Å². The normalized spacial score (nSPS) is 10.6. The third kappa shape index (κ3) is 5.41. The summed E-state index contributed by atoms with van der Waals surface area (Å²) in [6, 6.07) is 11.7. The maximum atomic E-state index is 6.00. The van der Waals surface area contributed by atoms with Crippen molar-refractivity contribution in [3.63, 3.8) is 0 Å². The van der Waals surface area contributed by atoms with Gasteiger partial charge in [0.15, 0.2) is 11.5 Å². The first-order chi connectivity index (χ1) is 11.1. The van der Waals surface area contributed by atoms with Crippen molar-refractivity contribution >= 4 is 27.5 Å². The van der Waals surface area contributed by atoms with Crippen molar-refractivity contribution in [1.29, 1.82) is 0 Å². The van der Waals surface area contributed by atoms with Crippen LogP contribution in [-0.4, -0.2) is 13.7 Å². The Morgan fingerprint density at radius 1 is 1.17 bits per heavy atom. The largest absolute Gasteiger partial charge is 0.493 e. The van der Waals surface area contributed by atoms with Crippen LogP contribution in [0, 0.1) is 0 Å². The van der Waals surface area contributed by atoms with Gasteiger partial charge < -0.3 is 14.8 Å². The summed E-state index contributed by atoms with van der Waals surface area (Å²) < 4.78 is 12.3. The van der Waals surface area contributed by atoms with E-state index in [1.54, 1.807) is 7.11 Å². The zero-order valence-electron chi connectivity index (χ0n) is 13.4. The van der Waals surface area contributed by atoms with Crippen molar-refractivity contribution in [3.05, 3.63) is 57.0 Å². The van der Waals surface area contributed by atoms with Gasteiger partial charge in [0.1, 0.15) is 6.61 Å². The topological polar surface area (TPSA) is 30.5 Å². The molecule has 2 aromatic carbocycles. The molecule has 0 aliphatic carbocycles. The predicted octanol–water partition coefficient (Wildman–Crippen LogP) is 5.19. The summed E-state index contributed by atoms with van der Waals surface area (Å²) in [5, 5.41) is 4.08. The molecule has 124 valence electrons. The smallest absolute Gasteiger partial charge is 0.175 e. The van der Waals surface area contributed by atoms with Crippen molar-refractivity contribution in [2.75, 3.05) is 13.7 Å². The molecule has 0 radical (unpaired) electrons. The first-order valence-corrected chi connectivity index (χ1v) is 8.75. The molecule has 0 saturated heterocycles. The van der Waals surface area contributed by atoms with E-state index in [1.807, 2.05) is 30.3 Å². The summed E-state index contributed by atoms with van der Waals surface area (Å²) in [7, 11) is 1.65. The van der Waals surface area contributed by atoms with E-state index >= 15 is 0 Å². The molecule has 0 unspecified atom stereocenters. The molecule has 2 rings (SSSR count). The Labute approximate surface area is 151 Å². The predicted molar refractivity (Wildman–Crippen MR) is 98.5 cm³/mol. The Kier molecular flexibility index (Phi) is 7.21. The van der Waals surface area contributed by atoms with Crippen LogP contribution < -0.4 is 14.8 Å². The number of rotatable bonds is 8. The molecule has 0 aromatic heterocycles. The van der Waals surface area contributed by atoms with Crippen molar-refractivity contribution < 1.29 is 9.47 Å². The van der Waals surface area contributed by atoms with Gasteiger partial charge in [0, 0.05) is 11.6 Å². The summed E-state index contributed by atoms with van der Waals surface area (Å²) in [6.45, 7) is 4.38. The average Bonchev–Trinajstić information content (AvgIpc) is 2.53. The molecule has 0 atom stereocenters. The molecule has 0 fully saturated rings. The number of ether oxygens (including phenoxy) is 2. The second-order valence-corrected chi connectivity index (χ2v) is 6.50. The molecule has 3 nitrogen and oxygen atoms in total. The van der Waals surface area contributed by atoms with Crippen molar-refractivity contribution in [2.24, 2.45) is 0 Å². The molecule has 5 heteroatoms. The van der Waals surface area contributed by atoms with Crippen molar-refractivity contribution in [1.82, 2.24) is 5.32 Å². The Bertz CT molecular complexity index is 649. The highest BCUT2D eigenvalue weighted by Crippen LogP contribution is 2.37. The SMILES string of the molecule is CCCNCc1cc(Br)c(OCc2cccc(Cl)c2)c(OC)c1. The molecule has 0 aliphatic heterocycles. The van der Waals surface area contributed by atoms with Crippen LogP contribution in [0.3, 0.4) is 0 Å². The van der Waals surface area contributed by atoms with Gasteiger partial charge in [-0.15, -0.1) is 0 Å². The average molecular weight is 399 g/mol. The maximum Gasteiger partial charge on any atom is 0.175 e. The minimum atomic E-state index is 0.433. The number of hydrogen-bond donors (Lipinski definition) is 1. The number of nitrogens with one attached hydrogen (secondary N) is 1. The van der Waals surface area contributed by atoms with E-state index in [0.717, 1.165) is 40.9 Å². The molecule has 0 amide bonds. The van der Waals surface area contributed by atoms with Gasteiger partial charge in [-0.05, 0) is 64.3 Å². The highest BCUT2D eigenvalue weighted by Gasteiger charge is 2.12. The van der Waals surface area contributed by atoms with E-state index in [4.69, 9.17) is 21.1 Å². The highest BCUT2D eigenvalue weighted by molar-refractivity contribution is 9.10. The van der Waals surface area contributed by atoms with Crippen molar-refractivity contribution in [3.8, 4) is 11.5 Å². The van der Waals surface area contributed by atoms with Crippen LogP contribution >= 0.6 is 27.5 Å². The van der Waals surface area contributed by atoms with E-state index < -0.39 is 0 Å². The molecule has 0 aliphatic rings. The van der Waals surface area contributed by atoms with Gasteiger partial charge >= 0.3 is 0 Å². The van der Waals surface area contributed by atoms with Gasteiger partial charge in [0.25, 0.3) is 0 Å². The fourth-order valence-electron chi connectivity index (χ4n) is 2.21. The molecule has 0 heterocycles. The van der Waals surface area contributed by atoms with E-state index in [-0.39, 0.29) is 0 Å². The van der Waals surface area contributed by atoms with E-state index in [1.165, 1.54) is 0 Å². The lowest BCUT2D eigenvalue weighted by molar-refractivity contribution is 0.282. The van der Waals surface area contributed by atoms with Crippen LogP contribution in [-0.2, 0) is 13.2 Å². The molecule has 0 bridgehead atoms. The Balaban J connectivity index is 2.11. The summed E-state index contributed by atoms with van der Waals surface area (Å²) in [5.74, 6) is 1.42. The van der Waals surface area contributed by atoms with E-state index in [2.05, 4.69) is 34.2 Å². The zero-order chi connectivity index (χ0) is 16.7. The van der Waals surface area contributed by atoms with E-state index in [9.17, 15) is 0 Å². The van der Waals surface area contributed by atoms with Gasteiger partial charge in [-0.3, -0.25) is 0 Å². The second kappa shape index (κ2) is 9.16. The van der Waals surface area contributed by atoms with Crippen LogP contribution in [0.5, 0.6) is 11.5 Å². The molecule has 2 aromatic rings. The fraction of sp³-hybridized carbons (Fsp3) is 0.333. The Hall–Kier alpha value is -1.23. The van der Waals surface area contributed by atoms with Gasteiger partial charge in [-0.25, -0.2) is 0 Å². The maximum absolute atomic E-state index is 6.00. The Morgan fingerprint density at radius 2 is 2.00 bits per heavy atom. The van der Waals surface area contributed by atoms with Gasteiger partial charge in [-0.2, -0.15) is 0 Å². The second-order valence-electron chi connectivity index (χ2n) is 5.20. The van der Waals surface area contributed by atoms with Gasteiger partial charge in [0.2, 0.25) is 0 Å². The fourth-order valence-corrected chi connectivity index (χ4v) is 3.02. The van der Waals surface area contributed by atoms with E-state index in [0.29, 0.717) is 17.4 Å². The van der Waals surface area contributed by atoms with Crippen LogP contribution in [0.1, 0.15) is 24.5 Å². The first-order valence-electron chi connectivity index (χ1n) is 7.58. The number of halogens is 2. The summed E-state index contributed by atoms with van der Waals surface area (Å²) in [5.41, 5.74) is 2.16. The number of hydrogen-bond acceptors (Lipinski definition) is 3. The monoisotopic (exact) mass is 397 g/mol. The molecule has 0 saturated carbocycles. The summed E-state index contributed by atoms with van der Waals surface area (Å²) in [4.78, 5) is 0. The molecule has 23 heavy (non-hydrogen) atoms. The quantitative estimate of drug-likeness (QED) is 0.621. The van der Waals surface area contributed by atoms with Crippen LogP contribution in [0.4, 0.5) is 0 Å². The zero-order valence-corrected chi connectivity index (χ0v) is 15.7. The molecular formula is C18H21BrClNO2. The highest BCUT2D eigenvalue weighted by atomic mass is 79.9. The van der Waals surface area contributed by atoms with Gasteiger partial charge in [0.05, 0.1) is 11.6 Å². The molecular weight excluding hydrogens is 378 g/mol. The summed E-state index contributed by atoms with van der Waals surface area (Å²) in [6.07, 6.45) is 1.11. The number of benzene rings is 2. The third-order valence-electron chi connectivity index (χ3n) is 3.32. The minimum absolute atomic E-state index is 0.433. The van der Waals surface area contributed by atoms with Crippen LogP contribution in [0.2, 0.25) is 5.02 Å². The summed E-state index contributed by atoms with van der Waals surface area (Å²) >= 11 is 9.58. The van der Waals surface area contributed by atoms with Crippen molar-refractivity contribution in [2.45, 2.75) is 26.5 Å². The van der Waals surface area contributed by atoms with Gasteiger partial charge in [-0.1, -0.05) is 30.7 Å². The Morgan fingerprint density at radius 3 is 2.70 bits per heavy atom. The minimum Gasteiger partial charge on any atom is -0.493 e. The molecule has 1 N–H and O–H groups in total. The van der Waals surface area contributed by atoms with Crippen LogP contribution in [0.25, 0.3) is 0 Å². The third-order valence-corrected chi connectivity index (χ3v) is 4.14. The number of methoxy groups -OCH3 is 1. The molecule has 0 spiro atoms. The lowest BCUT2D eigenvalue weighted by atomic mass is 10.2.